The lowest BCUT2D eigenvalue weighted by atomic mass is 10.2. The van der Waals surface area contributed by atoms with E-state index in [-0.39, 0.29) is 5.91 Å². The molecule has 120 valence electrons. The van der Waals surface area contributed by atoms with Gasteiger partial charge in [-0.05, 0) is 30.3 Å². The number of halogens is 2. The fourth-order valence-electron chi connectivity index (χ4n) is 1.81. The number of carbonyl (C=O) groups excluding carboxylic acids is 1. The molecule has 0 heterocycles. The van der Waals surface area contributed by atoms with Crippen molar-refractivity contribution >= 4 is 35.3 Å². The lowest BCUT2D eigenvalue weighted by Crippen LogP contribution is -2.17. The average molecular weight is 353 g/mol. The Hall–Kier alpha value is -2.24. The Morgan fingerprint density at radius 3 is 2.48 bits per heavy atom. The molecular weight excluding hydrogens is 339 g/mol. The van der Waals surface area contributed by atoms with Gasteiger partial charge in [0.15, 0.2) is 11.5 Å². The van der Waals surface area contributed by atoms with E-state index in [9.17, 15) is 4.79 Å². The molecule has 5 nitrogen and oxygen atoms in total. The number of rotatable bonds is 5. The molecule has 2 aromatic carbocycles. The summed E-state index contributed by atoms with van der Waals surface area (Å²) >= 11 is 11.8. The van der Waals surface area contributed by atoms with Crippen molar-refractivity contribution in [1.29, 1.82) is 0 Å². The van der Waals surface area contributed by atoms with Crippen molar-refractivity contribution in [2.75, 3.05) is 14.2 Å². The van der Waals surface area contributed by atoms with E-state index in [1.54, 1.807) is 36.4 Å². The van der Waals surface area contributed by atoms with Crippen molar-refractivity contribution in [3.05, 3.63) is 57.6 Å². The smallest absolute Gasteiger partial charge is 0.271 e. The summed E-state index contributed by atoms with van der Waals surface area (Å²) in [6, 6.07) is 9.82. The first-order valence-corrected chi connectivity index (χ1v) is 7.31. The van der Waals surface area contributed by atoms with Crippen LogP contribution < -0.4 is 14.9 Å². The summed E-state index contributed by atoms with van der Waals surface area (Å²) in [5.41, 5.74) is 3.45. The quantitative estimate of drug-likeness (QED) is 0.658. The van der Waals surface area contributed by atoms with E-state index in [0.717, 1.165) is 0 Å². The molecule has 0 bridgehead atoms. The molecular formula is C16H14Cl2N2O3. The molecule has 0 unspecified atom stereocenters. The zero-order valence-corrected chi connectivity index (χ0v) is 14.0. The van der Waals surface area contributed by atoms with Gasteiger partial charge in [0.1, 0.15) is 0 Å². The number of nitrogens with one attached hydrogen (secondary N) is 1. The van der Waals surface area contributed by atoms with Gasteiger partial charge in [0, 0.05) is 16.1 Å². The van der Waals surface area contributed by atoms with E-state index in [1.165, 1.54) is 20.4 Å². The van der Waals surface area contributed by atoms with Crippen LogP contribution in [-0.2, 0) is 0 Å². The number of methoxy groups -OCH3 is 2. The highest BCUT2D eigenvalue weighted by molar-refractivity contribution is 6.36. The van der Waals surface area contributed by atoms with Crippen LogP contribution in [0.3, 0.4) is 0 Å². The molecule has 0 aliphatic rings. The van der Waals surface area contributed by atoms with E-state index in [0.29, 0.717) is 32.7 Å². The zero-order chi connectivity index (χ0) is 16.8. The highest BCUT2D eigenvalue weighted by atomic mass is 35.5. The molecule has 2 rings (SSSR count). The van der Waals surface area contributed by atoms with Crippen LogP contribution in [0.1, 0.15) is 15.9 Å². The van der Waals surface area contributed by atoms with Crippen LogP contribution in [0.25, 0.3) is 0 Å². The normalized spacial score (nSPS) is 10.6. The number of hydrogen-bond donors (Lipinski definition) is 1. The van der Waals surface area contributed by atoms with E-state index in [2.05, 4.69) is 10.5 Å². The average Bonchev–Trinajstić information content (AvgIpc) is 2.56. The highest BCUT2D eigenvalue weighted by Gasteiger charge is 2.10. The molecule has 0 fully saturated rings. The van der Waals surface area contributed by atoms with Gasteiger partial charge in [-0.15, -0.1) is 0 Å². The lowest BCUT2D eigenvalue weighted by molar-refractivity contribution is 0.0954. The molecule has 1 amide bonds. The van der Waals surface area contributed by atoms with Crippen molar-refractivity contribution in [2.45, 2.75) is 0 Å². The van der Waals surface area contributed by atoms with Gasteiger partial charge in [-0.3, -0.25) is 4.79 Å². The molecule has 23 heavy (non-hydrogen) atoms. The Balaban J connectivity index is 2.08. The number of benzene rings is 2. The Morgan fingerprint density at radius 1 is 1.09 bits per heavy atom. The van der Waals surface area contributed by atoms with Gasteiger partial charge in [-0.25, -0.2) is 5.43 Å². The molecule has 0 spiro atoms. The second kappa shape index (κ2) is 7.85. The molecule has 0 aliphatic heterocycles. The largest absolute Gasteiger partial charge is 0.493 e. The second-order valence-electron chi connectivity index (χ2n) is 4.43. The predicted molar refractivity (Wildman–Crippen MR) is 91.1 cm³/mol. The molecule has 0 saturated carbocycles. The molecule has 0 saturated heterocycles. The van der Waals surface area contributed by atoms with Gasteiger partial charge in [-0.2, -0.15) is 5.10 Å². The number of ether oxygens (including phenoxy) is 2. The van der Waals surface area contributed by atoms with Gasteiger partial charge < -0.3 is 9.47 Å². The third-order valence-electron chi connectivity index (χ3n) is 2.98. The Kier molecular flexibility index (Phi) is 5.84. The maximum absolute atomic E-state index is 12.1. The Labute approximate surface area is 143 Å². The zero-order valence-electron chi connectivity index (χ0n) is 12.5. The summed E-state index contributed by atoms with van der Waals surface area (Å²) in [6.07, 6.45) is 1.44. The van der Waals surface area contributed by atoms with Crippen LogP contribution in [0, 0.1) is 0 Å². The van der Waals surface area contributed by atoms with Crippen LogP contribution in [-0.4, -0.2) is 26.3 Å². The molecule has 0 aromatic heterocycles. The number of nitrogens with zero attached hydrogens (tertiary/aromatic N) is 1. The van der Waals surface area contributed by atoms with Crippen molar-refractivity contribution in [3.8, 4) is 11.5 Å². The van der Waals surface area contributed by atoms with Crippen LogP contribution in [0.5, 0.6) is 11.5 Å². The minimum atomic E-state index is -0.382. The monoisotopic (exact) mass is 352 g/mol. The van der Waals surface area contributed by atoms with E-state index in [1.807, 2.05) is 0 Å². The van der Waals surface area contributed by atoms with Gasteiger partial charge >= 0.3 is 0 Å². The van der Waals surface area contributed by atoms with Gasteiger partial charge in [0.25, 0.3) is 5.91 Å². The third-order valence-corrected chi connectivity index (χ3v) is 3.54. The Morgan fingerprint density at radius 2 is 1.83 bits per heavy atom. The maximum Gasteiger partial charge on any atom is 0.271 e. The first-order valence-electron chi connectivity index (χ1n) is 6.55. The standard InChI is InChI=1S/C16H14Cl2N2O3/c1-22-14-6-4-10(7-15(14)23-2)16(21)20-19-9-11-3-5-12(17)8-13(11)18/h3-9H,1-2H3,(H,20,21). The van der Waals surface area contributed by atoms with Crippen molar-refractivity contribution in [3.63, 3.8) is 0 Å². The van der Waals surface area contributed by atoms with Gasteiger partial charge in [-0.1, -0.05) is 29.3 Å². The predicted octanol–water partition coefficient (Wildman–Crippen LogP) is 3.77. The number of hydrogen-bond acceptors (Lipinski definition) is 4. The van der Waals surface area contributed by atoms with Crippen molar-refractivity contribution in [2.24, 2.45) is 5.10 Å². The minimum absolute atomic E-state index is 0.382. The number of carbonyl (C=O) groups is 1. The van der Waals surface area contributed by atoms with Crippen molar-refractivity contribution in [1.82, 2.24) is 5.43 Å². The summed E-state index contributed by atoms with van der Waals surface area (Å²) in [5, 5.41) is 4.86. The van der Waals surface area contributed by atoms with E-state index in [4.69, 9.17) is 32.7 Å². The highest BCUT2D eigenvalue weighted by Crippen LogP contribution is 2.27. The molecule has 7 heteroatoms. The van der Waals surface area contributed by atoms with Crippen LogP contribution in [0.4, 0.5) is 0 Å². The molecule has 0 radical (unpaired) electrons. The number of hydrazone groups is 1. The number of amides is 1. The molecule has 0 aliphatic carbocycles. The molecule has 2 aromatic rings. The van der Waals surface area contributed by atoms with Crippen LogP contribution in [0.2, 0.25) is 10.0 Å². The minimum Gasteiger partial charge on any atom is -0.493 e. The SMILES string of the molecule is COc1ccc(C(=O)NN=Cc2ccc(Cl)cc2Cl)cc1OC. The Bertz CT molecular complexity index is 748. The summed E-state index contributed by atoms with van der Waals surface area (Å²) in [6.45, 7) is 0. The summed E-state index contributed by atoms with van der Waals surface area (Å²) in [4.78, 5) is 12.1. The summed E-state index contributed by atoms with van der Waals surface area (Å²) in [7, 11) is 3.03. The summed E-state index contributed by atoms with van der Waals surface area (Å²) < 4.78 is 10.3. The third kappa shape index (κ3) is 4.37. The van der Waals surface area contributed by atoms with Crippen LogP contribution in [0.15, 0.2) is 41.5 Å². The lowest BCUT2D eigenvalue weighted by Gasteiger charge is -2.08. The van der Waals surface area contributed by atoms with E-state index < -0.39 is 0 Å². The topological polar surface area (TPSA) is 59.9 Å². The van der Waals surface area contributed by atoms with Crippen molar-refractivity contribution < 1.29 is 14.3 Å². The van der Waals surface area contributed by atoms with Crippen LogP contribution >= 0.6 is 23.2 Å². The second-order valence-corrected chi connectivity index (χ2v) is 5.28. The maximum atomic E-state index is 12.1. The fraction of sp³-hybridized carbons (Fsp3) is 0.125. The van der Waals surface area contributed by atoms with E-state index >= 15 is 0 Å². The van der Waals surface area contributed by atoms with Gasteiger partial charge in [0.2, 0.25) is 0 Å². The van der Waals surface area contributed by atoms with Gasteiger partial charge in [0.05, 0.1) is 25.5 Å². The first kappa shape index (κ1) is 17.1. The summed E-state index contributed by atoms with van der Waals surface area (Å²) in [5.74, 6) is 0.623. The fourth-order valence-corrected chi connectivity index (χ4v) is 2.27. The first-order chi connectivity index (χ1) is 11.0. The molecule has 1 N–H and O–H groups in total. The molecule has 0 atom stereocenters.